The van der Waals surface area contributed by atoms with Crippen LogP contribution in [0, 0.1) is 13.8 Å². The molecule has 0 aromatic carbocycles. The van der Waals surface area contributed by atoms with Crippen molar-refractivity contribution in [1.82, 2.24) is 15.1 Å². The van der Waals surface area contributed by atoms with Crippen LogP contribution < -0.4 is 5.32 Å². The molecule has 0 bridgehead atoms. The Labute approximate surface area is 105 Å². The molecule has 5 heteroatoms. The van der Waals surface area contributed by atoms with Crippen molar-refractivity contribution in [2.45, 2.75) is 39.8 Å². The van der Waals surface area contributed by atoms with Gasteiger partial charge in [0.15, 0.2) is 0 Å². The Balaban J connectivity index is 2.49. The van der Waals surface area contributed by atoms with Gasteiger partial charge in [-0.15, -0.1) is 0 Å². The lowest BCUT2D eigenvalue weighted by Gasteiger charge is -2.12. The third-order valence-corrected chi connectivity index (χ3v) is 3.63. The smallest absolute Gasteiger partial charge is 0.0860 e. The van der Waals surface area contributed by atoms with Gasteiger partial charge in [-0.1, -0.05) is 6.92 Å². The van der Waals surface area contributed by atoms with Gasteiger partial charge in [0, 0.05) is 12.2 Å². The summed E-state index contributed by atoms with van der Waals surface area (Å²) in [5.41, 5.74) is 2.03. The molecular weight excluding hydrogens is 270 g/mol. The second-order valence-electron chi connectivity index (χ2n) is 4.02. The SMILES string of the molecule is CCCNCC(O)Cn1nc(C)c(Br)c1C. The molecule has 1 atom stereocenters. The predicted octanol–water partition coefficient (Wildman–Crippen LogP) is 1.62. The lowest BCUT2D eigenvalue weighted by atomic mass is 10.3. The zero-order chi connectivity index (χ0) is 12.1. The average molecular weight is 290 g/mol. The van der Waals surface area contributed by atoms with Gasteiger partial charge < -0.3 is 10.4 Å². The Morgan fingerprint density at radius 3 is 2.69 bits per heavy atom. The van der Waals surface area contributed by atoms with E-state index in [2.05, 4.69) is 33.3 Å². The molecule has 0 saturated carbocycles. The maximum Gasteiger partial charge on any atom is 0.0860 e. The molecule has 4 nitrogen and oxygen atoms in total. The van der Waals surface area contributed by atoms with E-state index in [-0.39, 0.29) is 0 Å². The van der Waals surface area contributed by atoms with Crippen molar-refractivity contribution in [1.29, 1.82) is 0 Å². The molecule has 0 saturated heterocycles. The largest absolute Gasteiger partial charge is 0.390 e. The summed E-state index contributed by atoms with van der Waals surface area (Å²) in [6.07, 6.45) is 0.689. The van der Waals surface area contributed by atoms with E-state index in [1.54, 1.807) is 0 Å². The molecule has 1 aromatic heterocycles. The number of aliphatic hydroxyl groups excluding tert-OH is 1. The van der Waals surface area contributed by atoms with Gasteiger partial charge in [-0.3, -0.25) is 4.68 Å². The van der Waals surface area contributed by atoms with E-state index in [9.17, 15) is 5.11 Å². The minimum Gasteiger partial charge on any atom is -0.390 e. The van der Waals surface area contributed by atoms with Gasteiger partial charge in [-0.05, 0) is 42.7 Å². The first-order chi connectivity index (χ1) is 7.56. The standard InChI is InChI=1S/C11H20BrN3O/c1-4-5-13-6-10(16)7-15-9(3)11(12)8(2)14-15/h10,13,16H,4-7H2,1-3H3. The van der Waals surface area contributed by atoms with Gasteiger partial charge in [0.1, 0.15) is 0 Å². The van der Waals surface area contributed by atoms with Crippen LogP contribution in [0.2, 0.25) is 0 Å². The highest BCUT2D eigenvalue weighted by Crippen LogP contribution is 2.19. The molecule has 0 aliphatic rings. The van der Waals surface area contributed by atoms with Crippen molar-refractivity contribution in [2.24, 2.45) is 0 Å². The quantitative estimate of drug-likeness (QED) is 0.783. The van der Waals surface area contributed by atoms with Crippen molar-refractivity contribution in [2.75, 3.05) is 13.1 Å². The molecule has 0 aliphatic carbocycles. The van der Waals surface area contributed by atoms with E-state index < -0.39 is 6.10 Å². The zero-order valence-electron chi connectivity index (χ0n) is 10.1. The van der Waals surface area contributed by atoms with E-state index in [0.717, 1.165) is 28.8 Å². The summed E-state index contributed by atoms with van der Waals surface area (Å²) in [6, 6.07) is 0. The number of halogens is 1. The highest BCUT2D eigenvalue weighted by molar-refractivity contribution is 9.10. The zero-order valence-corrected chi connectivity index (χ0v) is 11.7. The van der Waals surface area contributed by atoms with E-state index in [1.165, 1.54) is 0 Å². The molecule has 0 amide bonds. The van der Waals surface area contributed by atoms with Crippen molar-refractivity contribution in [3.05, 3.63) is 15.9 Å². The van der Waals surface area contributed by atoms with Gasteiger partial charge in [0.25, 0.3) is 0 Å². The monoisotopic (exact) mass is 289 g/mol. The van der Waals surface area contributed by atoms with E-state index in [4.69, 9.17) is 0 Å². The van der Waals surface area contributed by atoms with E-state index in [0.29, 0.717) is 13.1 Å². The first-order valence-electron chi connectivity index (χ1n) is 5.64. The number of aryl methyl sites for hydroxylation is 1. The van der Waals surface area contributed by atoms with Crippen LogP contribution in [0.3, 0.4) is 0 Å². The van der Waals surface area contributed by atoms with Gasteiger partial charge in [-0.25, -0.2) is 0 Å². The fourth-order valence-electron chi connectivity index (χ4n) is 1.56. The van der Waals surface area contributed by atoms with Crippen LogP contribution >= 0.6 is 15.9 Å². The van der Waals surface area contributed by atoms with Gasteiger partial charge >= 0.3 is 0 Å². The first kappa shape index (κ1) is 13.7. The molecular formula is C11H20BrN3O. The van der Waals surface area contributed by atoms with Crippen LogP contribution in [0.5, 0.6) is 0 Å². The number of aliphatic hydroxyl groups is 1. The average Bonchev–Trinajstić information content (AvgIpc) is 2.47. The van der Waals surface area contributed by atoms with Crippen molar-refractivity contribution in [3.63, 3.8) is 0 Å². The number of nitrogens with zero attached hydrogens (tertiary/aromatic N) is 2. The van der Waals surface area contributed by atoms with Crippen LogP contribution in [0.1, 0.15) is 24.7 Å². The third-order valence-electron chi connectivity index (χ3n) is 2.48. The molecule has 0 radical (unpaired) electrons. The topological polar surface area (TPSA) is 50.1 Å². The summed E-state index contributed by atoms with van der Waals surface area (Å²) in [4.78, 5) is 0. The number of rotatable bonds is 6. The normalized spacial score (nSPS) is 13.1. The molecule has 1 heterocycles. The Morgan fingerprint density at radius 2 is 2.19 bits per heavy atom. The molecule has 1 rings (SSSR count). The Hall–Kier alpha value is -0.390. The number of hydrogen-bond donors (Lipinski definition) is 2. The van der Waals surface area contributed by atoms with E-state index >= 15 is 0 Å². The molecule has 92 valence electrons. The lowest BCUT2D eigenvalue weighted by molar-refractivity contribution is 0.146. The minimum atomic E-state index is -0.392. The summed E-state index contributed by atoms with van der Waals surface area (Å²) in [5.74, 6) is 0. The van der Waals surface area contributed by atoms with Crippen LogP contribution in [0.25, 0.3) is 0 Å². The molecule has 16 heavy (non-hydrogen) atoms. The highest BCUT2D eigenvalue weighted by Gasteiger charge is 2.11. The van der Waals surface area contributed by atoms with Crippen molar-refractivity contribution in [3.8, 4) is 0 Å². The van der Waals surface area contributed by atoms with Crippen LogP contribution in [-0.2, 0) is 6.54 Å². The maximum absolute atomic E-state index is 9.82. The summed E-state index contributed by atoms with van der Waals surface area (Å²) in [6.45, 7) is 8.15. The van der Waals surface area contributed by atoms with Crippen LogP contribution in [-0.4, -0.2) is 34.1 Å². The minimum absolute atomic E-state index is 0.392. The Morgan fingerprint density at radius 1 is 1.50 bits per heavy atom. The summed E-state index contributed by atoms with van der Waals surface area (Å²) >= 11 is 3.47. The summed E-state index contributed by atoms with van der Waals surface area (Å²) in [5, 5.41) is 17.4. The van der Waals surface area contributed by atoms with Crippen molar-refractivity contribution < 1.29 is 5.11 Å². The molecule has 0 spiro atoms. The second-order valence-corrected chi connectivity index (χ2v) is 4.82. The first-order valence-corrected chi connectivity index (χ1v) is 6.43. The lowest BCUT2D eigenvalue weighted by Crippen LogP contribution is -2.31. The van der Waals surface area contributed by atoms with Crippen LogP contribution in [0.4, 0.5) is 0 Å². The summed E-state index contributed by atoms with van der Waals surface area (Å²) < 4.78 is 2.87. The number of aromatic nitrogens is 2. The highest BCUT2D eigenvalue weighted by atomic mass is 79.9. The molecule has 1 unspecified atom stereocenters. The predicted molar refractivity (Wildman–Crippen MR) is 68.6 cm³/mol. The fourth-order valence-corrected chi connectivity index (χ4v) is 1.85. The van der Waals surface area contributed by atoms with Crippen molar-refractivity contribution >= 4 is 15.9 Å². The third kappa shape index (κ3) is 3.57. The van der Waals surface area contributed by atoms with Gasteiger partial charge in [-0.2, -0.15) is 5.10 Å². The van der Waals surface area contributed by atoms with Gasteiger partial charge in [0.05, 0.1) is 22.8 Å². The fraction of sp³-hybridized carbons (Fsp3) is 0.727. The molecule has 0 aliphatic heterocycles. The van der Waals surface area contributed by atoms with Gasteiger partial charge in [0.2, 0.25) is 0 Å². The Bertz CT molecular complexity index is 338. The van der Waals surface area contributed by atoms with E-state index in [1.807, 2.05) is 18.5 Å². The summed E-state index contributed by atoms with van der Waals surface area (Å²) in [7, 11) is 0. The molecule has 0 fully saturated rings. The number of hydrogen-bond acceptors (Lipinski definition) is 3. The molecule has 2 N–H and O–H groups in total. The van der Waals surface area contributed by atoms with Crippen LogP contribution in [0.15, 0.2) is 4.47 Å². The maximum atomic E-state index is 9.82. The molecule has 1 aromatic rings. The second kappa shape index (κ2) is 6.37. The Kier molecular flexibility index (Phi) is 5.44. The number of nitrogens with one attached hydrogen (secondary N) is 1.